The molecule has 0 radical (unpaired) electrons. The van der Waals surface area contributed by atoms with Gasteiger partial charge in [0.25, 0.3) is 0 Å². The first kappa shape index (κ1) is 17.6. The second kappa shape index (κ2) is 8.77. The van der Waals surface area contributed by atoms with Crippen molar-refractivity contribution in [2.45, 2.75) is 38.8 Å². The molecule has 1 atom stereocenters. The standard InChI is InChI=1S/C21H27N3O/c1-2-20-17-23(14-11-19-10-6-7-13-22-19)15-12-21(25)24(20)16-18-8-4-3-5-9-18/h3-10,13,20H,2,11-12,14-17H2,1H3. The summed E-state index contributed by atoms with van der Waals surface area (Å²) < 4.78 is 0. The summed E-state index contributed by atoms with van der Waals surface area (Å²) in [6.07, 6.45) is 4.37. The van der Waals surface area contributed by atoms with Crippen LogP contribution in [0.1, 0.15) is 31.0 Å². The molecule has 2 heterocycles. The highest BCUT2D eigenvalue weighted by Crippen LogP contribution is 2.18. The van der Waals surface area contributed by atoms with Crippen LogP contribution in [0.15, 0.2) is 54.7 Å². The normalized spacial score (nSPS) is 19.0. The smallest absolute Gasteiger partial charge is 0.224 e. The Morgan fingerprint density at radius 1 is 1.12 bits per heavy atom. The van der Waals surface area contributed by atoms with Crippen LogP contribution in [0, 0.1) is 0 Å². The van der Waals surface area contributed by atoms with Gasteiger partial charge in [-0.25, -0.2) is 0 Å². The molecule has 1 aromatic heterocycles. The highest BCUT2D eigenvalue weighted by molar-refractivity contribution is 5.77. The van der Waals surface area contributed by atoms with E-state index in [0.717, 1.165) is 38.2 Å². The lowest BCUT2D eigenvalue weighted by molar-refractivity contribution is -0.133. The zero-order valence-corrected chi connectivity index (χ0v) is 15.0. The Labute approximate surface area is 150 Å². The van der Waals surface area contributed by atoms with Gasteiger partial charge in [0.2, 0.25) is 5.91 Å². The molecule has 1 fully saturated rings. The fourth-order valence-electron chi connectivity index (χ4n) is 3.46. The topological polar surface area (TPSA) is 36.4 Å². The molecule has 3 rings (SSSR count). The molecule has 1 aliphatic heterocycles. The van der Waals surface area contributed by atoms with Crippen LogP contribution >= 0.6 is 0 Å². The van der Waals surface area contributed by atoms with Gasteiger partial charge in [-0.1, -0.05) is 43.3 Å². The molecule has 4 nitrogen and oxygen atoms in total. The second-order valence-corrected chi connectivity index (χ2v) is 6.69. The van der Waals surface area contributed by atoms with Crippen LogP contribution in [-0.2, 0) is 17.8 Å². The van der Waals surface area contributed by atoms with Gasteiger partial charge in [0.05, 0.1) is 0 Å². The molecular formula is C21H27N3O. The van der Waals surface area contributed by atoms with E-state index in [1.165, 1.54) is 5.56 Å². The molecule has 25 heavy (non-hydrogen) atoms. The third-order valence-corrected chi connectivity index (χ3v) is 4.95. The van der Waals surface area contributed by atoms with E-state index in [2.05, 4.69) is 39.9 Å². The molecule has 1 saturated heterocycles. The maximum absolute atomic E-state index is 12.7. The summed E-state index contributed by atoms with van der Waals surface area (Å²) in [5.41, 5.74) is 2.32. The average molecular weight is 337 g/mol. The Bertz CT molecular complexity index is 659. The summed E-state index contributed by atoms with van der Waals surface area (Å²) in [5, 5.41) is 0. The van der Waals surface area contributed by atoms with Crippen molar-refractivity contribution >= 4 is 5.91 Å². The Hall–Kier alpha value is -2.20. The van der Waals surface area contributed by atoms with Crippen molar-refractivity contribution in [3.63, 3.8) is 0 Å². The third kappa shape index (κ3) is 4.89. The van der Waals surface area contributed by atoms with E-state index >= 15 is 0 Å². The third-order valence-electron chi connectivity index (χ3n) is 4.95. The Morgan fingerprint density at radius 2 is 1.92 bits per heavy atom. The van der Waals surface area contributed by atoms with E-state index in [1.807, 2.05) is 36.5 Å². The van der Waals surface area contributed by atoms with Crippen LogP contribution in [0.3, 0.4) is 0 Å². The quantitative estimate of drug-likeness (QED) is 0.812. The van der Waals surface area contributed by atoms with E-state index in [0.29, 0.717) is 13.0 Å². The first-order chi connectivity index (χ1) is 12.3. The zero-order chi connectivity index (χ0) is 17.5. The predicted molar refractivity (Wildman–Crippen MR) is 100 cm³/mol. The molecule has 0 saturated carbocycles. The summed E-state index contributed by atoms with van der Waals surface area (Å²) in [4.78, 5) is 21.6. The van der Waals surface area contributed by atoms with Crippen LogP contribution in [-0.4, -0.2) is 46.4 Å². The van der Waals surface area contributed by atoms with Gasteiger partial charge in [-0.2, -0.15) is 0 Å². The predicted octanol–water partition coefficient (Wildman–Crippen LogP) is 3.14. The minimum absolute atomic E-state index is 0.274. The number of hydrogen-bond donors (Lipinski definition) is 0. The lowest BCUT2D eigenvalue weighted by Gasteiger charge is -2.31. The summed E-state index contributed by atoms with van der Waals surface area (Å²) >= 11 is 0. The molecule has 0 spiro atoms. The van der Waals surface area contributed by atoms with Crippen LogP contribution in [0.2, 0.25) is 0 Å². The number of benzene rings is 1. The monoisotopic (exact) mass is 337 g/mol. The lowest BCUT2D eigenvalue weighted by atomic mass is 10.1. The molecule has 1 aromatic carbocycles. The summed E-state index contributed by atoms with van der Waals surface area (Å²) in [6.45, 7) is 5.64. The minimum atomic E-state index is 0.274. The molecular weight excluding hydrogens is 310 g/mol. The molecule has 1 aliphatic rings. The van der Waals surface area contributed by atoms with Crippen LogP contribution < -0.4 is 0 Å². The van der Waals surface area contributed by atoms with Crippen molar-refractivity contribution < 1.29 is 4.79 Å². The Kier molecular flexibility index (Phi) is 6.18. The van der Waals surface area contributed by atoms with Crippen LogP contribution in [0.25, 0.3) is 0 Å². The molecule has 1 unspecified atom stereocenters. The Morgan fingerprint density at radius 3 is 2.64 bits per heavy atom. The summed E-state index contributed by atoms with van der Waals surface area (Å²) in [6, 6.07) is 16.6. The van der Waals surface area contributed by atoms with Crippen molar-refractivity contribution in [2.75, 3.05) is 19.6 Å². The average Bonchev–Trinajstić information content (AvgIpc) is 2.81. The van der Waals surface area contributed by atoms with E-state index in [9.17, 15) is 4.79 Å². The minimum Gasteiger partial charge on any atom is -0.334 e. The number of amides is 1. The molecule has 1 amide bonds. The number of rotatable bonds is 6. The molecule has 4 heteroatoms. The molecule has 2 aromatic rings. The Balaban J connectivity index is 1.64. The lowest BCUT2D eigenvalue weighted by Crippen LogP contribution is -2.42. The van der Waals surface area contributed by atoms with Crippen molar-refractivity contribution in [3.8, 4) is 0 Å². The number of aromatic nitrogens is 1. The van der Waals surface area contributed by atoms with E-state index in [4.69, 9.17) is 0 Å². The summed E-state index contributed by atoms with van der Waals surface area (Å²) in [5.74, 6) is 0.274. The largest absolute Gasteiger partial charge is 0.334 e. The zero-order valence-electron chi connectivity index (χ0n) is 15.0. The fraction of sp³-hybridized carbons (Fsp3) is 0.429. The first-order valence-electron chi connectivity index (χ1n) is 9.22. The van der Waals surface area contributed by atoms with Gasteiger partial charge >= 0.3 is 0 Å². The van der Waals surface area contributed by atoms with E-state index < -0.39 is 0 Å². The van der Waals surface area contributed by atoms with Gasteiger partial charge in [0, 0.05) is 57.0 Å². The van der Waals surface area contributed by atoms with Crippen LogP contribution in [0.4, 0.5) is 0 Å². The van der Waals surface area contributed by atoms with Crippen molar-refractivity contribution in [1.29, 1.82) is 0 Å². The van der Waals surface area contributed by atoms with Crippen LogP contribution in [0.5, 0.6) is 0 Å². The fourth-order valence-corrected chi connectivity index (χ4v) is 3.46. The first-order valence-corrected chi connectivity index (χ1v) is 9.22. The van der Waals surface area contributed by atoms with Gasteiger partial charge in [-0.3, -0.25) is 9.78 Å². The molecule has 0 N–H and O–H groups in total. The number of pyridine rings is 1. The second-order valence-electron chi connectivity index (χ2n) is 6.69. The van der Waals surface area contributed by atoms with Gasteiger partial charge in [-0.05, 0) is 24.1 Å². The maximum Gasteiger partial charge on any atom is 0.224 e. The number of nitrogens with zero attached hydrogens (tertiary/aromatic N) is 3. The number of carbonyl (C=O) groups is 1. The highest BCUT2D eigenvalue weighted by Gasteiger charge is 2.28. The number of carbonyl (C=O) groups excluding carboxylic acids is 1. The SMILES string of the molecule is CCC1CN(CCc2ccccn2)CCC(=O)N1Cc1ccccc1. The van der Waals surface area contributed by atoms with Crippen molar-refractivity contribution in [1.82, 2.24) is 14.8 Å². The van der Waals surface area contributed by atoms with Crippen molar-refractivity contribution in [2.24, 2.45) is 0 Å². The summed E-state index contributed by atoms with van der Waals surface area (Å²) in [7, 11) is 0. The van der Waals surface area contributed by atoms with E-state index in [1.54, 1.807) is 0 Å². The van der Waals surface area contributed by atoms with Gasteiger partial charge in [0.1, 0.15) is 0 Å². The molecule has 0 bridgehead atoms. The van der Waals surface area contributed by atoms with Gasteiger partial charge in [-0.15, -0.1) is 0 Å². The van der Waals surface area contributed by atoms with Gasteiger partial charge < -0.3 is 9.80 Å². The maximum atomic E-state index is 12.7. The molecule has 132 valence electrons. The highest BCUT2D eigenvalue weighted by atomic mass is 16.2. The van der Waals surface area contributed by atoms with Crippen molar-refractivity contribution in [3.05, 3.63) is 66.0 Å². The molecule has 0 aliphatic carbocycles. The van der Waals surface area contributed by atoms with Gasteiger partial charge in [0.15, 0.2) is 0 Å². The number of hydrogen-bond acceptors (Lipinski definition) is 3. The van der Waals surface area contributed by atoms with E-state index in [-0.39, 0.29) is 11.9 Å².